The standard InChI is InChI=1S/C7H14.C3H6/c1-3-4-7-5-6(7)2;1-3-2/h6-7H,3-5H2,1-2H3;3H,1H2,2H3. The molecule has 0 aromatic carbocycles. The topological polar surface area (TPSA) is 0 Å². The Morgan fingerprint density at radius 1 is 1.60 bits per heavy atom. The van der Waals surface area contributed by atoms with Gasteiger partial charge in [-0.25, -0.2) is 0 Å². The predicted molar refractivity (Wildman–Crippen MR) is 48.1 cm³/mol. The summed E-state index contributed by atoms with van der Waals surface area (Å²) in [6.45, 7) is 9.87. The Bertz CT molecular complexity index is 84.0. The summed E-state index contributed by atoms with van der Waals surface area (Å²) in [7, 11) is 0. The highest BCUT2D eigenvalue weighted by Gasteiger charge is 2.30. The quantitative estimate of drug-likeness (QED) is 0.514. The third-order valence-corrected chi connectivity index (χ3v) is 1.94. The smallest absolute Gasteiger partial charge is 0.0386 e. The van der Waals surface area contributed by atoms with Gasteiger partial charge in [0.25, 0.3) is 0 Å². The minimum Gasteiger partial charge on any atom is -0.103 e. The maximum atomic E-state index is 3.36. The van der Waals surface area contributed by atoms with E-state index in [0.717, 1.165) is 11.8 Å². The van der Waals surface area contributed by atoms with Crippen LogP contribution in [-0.4, -0.2) is 0 Å². The molecule has 2 atom stereocenters. The van der Waals surface area contributed by atoms with Gasteiger partial charge in [-0.15, -0.1) is 6.58 Å². The van der Waals surface area contributed by atoms with E-state index >= 15 is 0 Å². The van der Waals surface area contributed by atoms with Crippen LogP contribution in [0.25, 0.3) is 0 Å². The van der Waals surface area contributed by atoms with Gasteiger partial charge in [-0.3, -0.25) is 0 Å². The summed E-state index contributed by atoms with van der Waals surface area (Å²) in [5.41, 5.74) is 0. The molecule has 1 saturated carbocycles. The molecule has 1 fully saturated rings. The van der Waals surface area contributed by atoms with E-state index in [9.17, 15) is 0 Å². The van der Waals surface area contributed by atoms with E-state index in [-0.39, 0.29) is 0 Å². The Morgan fingerprint density at radius 3 is 2.10 bits per heavy atom. The minimum absolute atomic E-state index is 1.07. The third kappa shape index (κ3) is 4.60. The third-order valence-electron chi connectivity index (χ3n) is 1.94. The van der Waals surface area contributed by atoms with Crippen molar-refractivity contribution in [2.75, 3.05) is 0 Å². The molecule has 0 aromatic rings. The second kappa shape index (κ2) is 5.52. The van der Waals surface area contributed by atoms with Crippen LogP contribution in [0.15, 0.2) is 12.7 Å². The molecule has 1 rings (SSSR count). The molecular formula is C10H20. The first-order valence-electron chi connectivity index (χ1n) is 4.33. The van der Waals surface area contributed by atoms with Crippen LogP contribution >= 0.6 is 0 Å². The lowest BCUT2D eigenvalue weighted by atomic mass is 10.2. The number of hydrogen-bond donors (Lipinski definition) is 0. The second-order valence-corrected chi connectivity index (χ2v) is 3.17. The summed E-state index contributed by atoms with van der Waals surface area (Å²) in [4.78, 5) is 0. The zero-order valence-electron chi connectivity index (χ0n) is 7.56. The maximum Gasteiger partial charge on any atom is -0.0386 e. The molecule has 0 aromatic heterocycles. The lowest BCUT2D eigenvalue weighted by molar-refractivity contribution is 0.659. The van der Waals surface area contributed by atoms with Gasteiger partial charge in [0.05, 0.1) is 0 Å². The van der Waals surface area contributed by atoms with Crippen LogP contribution in [0, 0.1) is 11.8 Å². The van der Waals surface area contributed by atoms with Crippen LogP contribution in [0.3, 0.4) is 0 Å². The van der Waals surface area contributed by atoms with Crippen molar-refractivity contribution < 1.29 is 0 Å². The van der Waals surface area contributed by atoms with E-state index in [0.29, 0.717) is 0 Å². The summed E-state index contributed by atoms with van der Waals surface area (Å²) >= 11 is 0. The van der Waals surface area contributed by atoms with E-state index in [1.54, 1.807) is 6.08 Å². The highest BCUT2D eigenvalue weighted by molar-refractivity contribution is 4.81. The van der Waals surface area contributed by atoms with E-state index in [4.69, 9.17) is 0 Å². The van der Waals surface area contributed by atoms with Crippen molar-refractivity contribution in [1.29, 1.82) is 0 Å². The van der Waals surface area contributed by atoms with Gasteiger partial charge >= 0.3 is 0 Å². The molecule has 0 amide bonds. The van der Waals surface area contributed by atoms with E-state index < -0.39 is 0 Å². The second-order valence-electron chi connectivity index (χ2n) is 3.17. The Balaban J connectivity index is 0.000000236. The van der Waals surface area contributed by atoms with Crippen molar-refractivity contribution in [3.8, 4) is 0 Å². The molecule has 0 nitrogen and oxygen atoms in total. The van der Waals surface area contributed by atoms with Gasteiger partial charge in [0.2, 0.25) is 0 Å². The summed E-state index contributed by atoms with van der Waals surface area (Å²) in [6.07, 6.45) is 6.12. The van der Waals surface area contributed by atoms with Crippen molar-refractivity contribution in [2.45, 2.75) is 40.0 Å². The number of allylic oxidation sites excluding steroid dienone is 1. The van der Waals surface area contributed by atoms with Crippen molar-refractivity contribution in [3.05, 3.63) is 12.7 Å². The normalized spacial score (nSPS) is 28.3. The summed E-state index contributed by atoms with van der Waals surface area (Å²) in [5.74, 6) is 2.19. The first kappa shape index (κ1) is 9.74. The molecule has 0 N–H and O–H groups in total. The molecule has 0 heteroatoms. The molecule has 2 unspecified atom stereocenters. The Hall–Kier alpha value is -0.260. The minimum atomic E-state index is 1.07. The van der Waals surface area contributed by atoms with Crippen molar-refractivity contribution in [1.82, 2.24) is 0 Å². The first-order chi connectivity index (χ1) is 4.76. The highest BCUT2D eigenvalue weighted by Crippen LogP contribution is 2.40. The lowest BCUT2D eigenvalue weighted by Gasteiger charge is -1.86. The van der Waals surface area contributed by atoms with Crippen LogP contribution in [0.1, 0.15) is 40.0 Å². The molecular weight excluding hydrogens is 120 g/mol. The van der Waals surface area contributed by atoms with Gasteiger partial charge < -0.3 is 0 Å². The lowest BCUT2D eigenvalue weighted by Crippen LogP contribution is -1.74. The van der Waals surface area contributed by atoms with E-state index in [1.165, 1.54) is 19.3 Å². The van der Waals surface area contributed by atoms with Gasteiger partial charge in [-0.05, 0) is 25.2 Å². The van der Waals surface area contributed by atoms with E-state index in [2.05, 4.69) is 20.4 Å². The molecule has 10 heavy (non-hydrogen) atoms. The number of hydrogen-bond acceptors (Lipinski definition) is 0. The molecule has 0 heterocycles. The van der Waals surface area contributed by atoms with Crippen LogP contribution in [0.2, 0.25) is 0 Å². The van der Waals surface area contributed by atoms with Crippen LogP contribution in [0.4, 0.5) is 0 Å². The van der Waals surface area contributed by atoms with Gasteiger partial charge in [0.15, 0.2) is 0 Å². The number of rotatable bonds is 2. The van der Waals surface area contributed by atoms with Gasteiger partial charge in [0.1, 0.15) is 0 Å². The molecule has 1 aliphatic rings. The molecule has 0 aliphatic heterocycles. The van der Waals surface area contributed by atoms with Crippen molar-refractivity contribution in [3.63, 3.8) is 0 Å². The molecule has 1 aliphatic carbocycles. The van der Waals surface area contributed by atoms with Crippen LogP contribution < -0.4 is 0 Å². The van der Waals surface area contributed by atoms with Gasteiger partial charge in [0, 0.05) is 0 Å². The largest absolute Gasteiger partial charge is 0.103 e. The molecule has 0 saturated heterocycles. The highest BCUT2D eigenvalue weighted by atomic mass is 14.4. The van der Waals surface area contributed by atoms with Crippen molar-refractivity contribution >= 4 is 0 Å². The summed E-state index contributed by atoms with van der Waals surface area (Å²) < 4.78 is 0. The fourth-order valence-electron chi connectivity index (χ4n) is 1.17. The molecule has 0 bridgehead atoms. The SMILES string of the molecule is C=CC.CCCC1CC1C. The fraction of sp³-hybridized carbons (Fsp3) is 0.800. The molecule has 0 spiro atoms. The average Bonchev–Trinajstić information content (AvgIpc) is 2.50. The van der Waals surface area contributed by atoms with Gasteiger partial charge in [-0.2, -0.15) is 0 Å². The first-order valence-corrected chi connectivity index (χ1v) is 4.33. The Kier molecular flexibility index (Phi) is 5.38. The summed E-state index contributed by atoms with van der Waals surface area (Å²) in [6, 6.07) is 0. The van der Waals surface area contributed by atoms with Gasteiger partial charge in [-0.1, -0.05) is 32.8 Å². The predicted octanol–water partition coefficient (Wildman–Crippen LogP) is 3.63. The van der Waals surface area contributed by atoms with E-state index in [1.807, 2.05) is 6.92 Å². The maximum absolute atomic E-state index is 3.36. The Labute approximate surface area is 65.3 Å². The fourth-order valence-corrected chi connectivity index (χ4v) is 1.17. The average molecular weight is 140 g/mol. The molecule has 0 radical (unpaired) electrons. The van der Waals surface area contributed by atoms with Crippen molar-refractivity contribution in [2.24, 2.45) is 11.8 Å². The summed E-state index contributed by atoms with van der Waals surface area (Å²) in [5, 5.41) is 0. The van der Waals surface area contributed by atoms with Crippen LogP contribution in [0.5, 0.6) is 0 Å². The Morgan fingerprint density at radius 2 is 2.00 bits per heavy atom. The molecule has 60 valence electrons. The monoisotopic (exact) mass is 140 g/mol. The zero-order chi connectivity index (χ0) is 7.98. The van der Waals surface area contributed by atoms with Crippen LogP contribution in [-0.2, 0) is 0 Å². The zero-order valence-corrected chi connectivity index (χ0v) is 7.56.